The summed E-state index contributed by atoms with van der Waals surface area (Å²) >= 11 is 1.58. The molecule has 2 atom stereocenters. The molecular formula is C13H17NO3S. The molecule has 0 aromatic carbocycles. The summed E-state index contributed by atoms with van der Waals surface area (Å²) in [5.41, 5.74) is 1.31. The summed E-state index contributed by atoms with van der Waals surface area (Å²) in [7, 11) is 0. The molecule has 1 amide bonds. The summed E-state index contributed by atoms with van der Waals surface area (Å²) in [5, 5.41) is 19.0. The van der Waals surface area contributed by atoms with E-state index in [1.165, 1.54) is 23.3 Å². The lowest BCUT2D eigenvalue weighted by Crippen LogP contribution is -2.29. The second-order valence-corrected chi connectivity index (χ2v) is 6.25. The highest BCUT2D eigenvalue weighted by atomic mass is 32.1. The van der Waals surface area contributed by atoms with Crippen molar-refractivity contribution in [1.82, 2.24) is 4.90 Å². The number of hydrogen-bond acceptors (Lipinski definition) is 4. The van der Waals surface area contributed by atoms with Crippen LogP contribution in [0.3, 0.4) is 0 Å². The Kier molecular flexibility index (Phi) is 3.13. The van der Waals surface area contributed by atoms with Crippen LogP contribution in [0, 0.1) is 0 Å². The molecule has 0 saturated carbocycles. The molecule has 2 heterocycles. The number of fused-ring (bicyclic) bond motifs is 1. The van der Waals surface area contributed by atoms with E-state index in [4.69, 9.17) is 0 Å². The Morgan fingerprint density at radius 1 is 1.22 bits per heavy atom. The zero-order valence-corrected chi connectivity index (χ0v) is 10.9. The third-order valence-electron chi connectivity index (χ3n) is 3.75. The van der Waals surface area contributed by atoms with Crippen molar-refractivity contribution in [2.24, 2.45) is 0 Å². The molecular weight excluding hydrogens is 250 g/mol. The summed E-state index contributed by atoms with van der Waals surface area (Å²) in [6, 6.07) is 2.00. The number of aliphatic hydroxyl groups excluding tert-OH is 2. The second-order valence-electron chi connectivity index (χ2n) is 5.11. The Balaban J connectivity index is 1.78. The van der Waals surface area contributed by atoms with Crippen molar-refractivity contribution in [2.75, 3.05) is 13.1 Å². The average molecular weight is 267 g/mol. The Labute approximate surface area is 110 Å². The molecule has 1 aromatic heterocycles. The minimum atomic E-state index is -0.802. The highest BCUT2D eigenvalue weighted by Gasteiger charge is 2.33. The van der Waals surface area contributed by atoms with E-state index in [9.17, 15) is 15.0 Å². The molecule has 0 spiro atoms. The first-order valence-corrected chi connectivity index (χ1v) is 7.24. The van der Waals surface area contributed by atoms with Gasteiger partial charge in [-0.1, -0.05) is 0 Å². The van der Waals surface area contributed by atoms with Crippen LogP contribution in [0.25, 0.3) is 0 Å². The number of nitrogens with zero attached hydrogens (tertiary/aromatic N) is 1. The number of β-amino-alcohol motifs (C(OH)–C–C–N with tert-alkyl or cyclic N) is 2. The Hall–Kier alpha value is -0.910. The van der Waals surface area contributed by atoms with Gasteiger partial charge < -0.3 is 15.1 Å². The molecule has 1 aromatic rings. The van der Waals surface area contributed by atoms with E-state index in [1.807, 2.05) is 6.07 Å². The predicted molar refractivity (Wildman–Crippen MR) is 68.9 cm³/mol. The monoisotopic (exact) mass is 267 g/mol. The van der Waals surface area contributed by atoms with E-state index in [-0.39, 0.29) is 19.0 Å². The lowest BCUT2D eigenvalue weighted by Gasteiger charge is -2.13. The first-order valence-electron chi connectivity index (χ1n) is 6.42. The van der Waals surface area contributed by atoms with Gasteiger partial charge in [0.05, 0.1) is 17.1 Å². The number of likely N-dealkylation sites (tertiary alicyclic amines) is 1. The summed E-state index contributed by atoms with van der Waals surface area (Å²) in [6.07, 6.45) is 2.97. The maximum Gasteiger partial charge on any atom is 0.264 e. The smallest absolute Gasteiger partial charge is 0.264 e. The van der Waals surface area contributed by atoms with Crippen molar-refractivity contribution >= 4 is 17.2 Å². The molecule has 2 N–H and O–H groups in total. The highest BCUT2D eigenvalue weighted by molar-refractivity contribution is 7.14. The first kappa shape index (κ1) is 12.1. The molecule has 0 unspecified atom stereocenters. The number of thiophene rings is 1. The Bertz CT molecular complexity index is 437. The minimum Gasteiger partial charge on any atom is -0.388 e. The van der Waals surface area contributed by atoms with Crippen LogP contribution in [-0.4, -0.2) is 46.3 Å². The molecule has 0 radical (unpaired) electrons. The number of amides is 1. The van der Waals surface area contributed by atoms with Crippen molar-refractivity contribution in [3.05, 3.63) is 21.4 Å². The van der Waals surface area contributed by atoms with Gasteiger partial charge in [0.1, 0.15) is 0 Å². The van der Waals surface area contributed by atoms with Crippen LogP contribution in [0.4, 0.5) is 0 Å². The van der Waals surface area contributed by atoms with Gasteiger partial charge in [-0.05, 0) is 37.3 Å². The molecule has 5 heteroatoms. The molecule has 4 nitrogen and oxygen atoms in total. The summed E-state index contributed by atoms with van der Waals surface area (Å²) in [4.78, 5) is 15.9. The zero-order chi connectivity index (χ0) is 12.7. The van der Waals surface area contributed by atoms with Gasteiger partial charge in [0, 0.05) is 18.0 Å². The van der Waals surface area contributed by atoms with E-state index in [0.717, 1.165) is 17.7 Å². The van der Waals surface area contributed by atoms with Crippen LogP contribution in [0.15, 0.2) is 6.07 Å². The summed E-state index contributed by atoms with van der Waals surface area (Å²) in [6.45, 7) is 0.477. The van der Waals surface area contributed by atoms with Crippen molar-refractivity contribution in [2.45, 2.75) is 37.9 Å². The van der Waals surface area contributed by atoms with Crippen molar-refractivity contribution in [3.63, 3.8) is 0 Å². The second kappa shape index (κ2) is 4.64. The van der Waals surface area contributed by atoms with Gasteiger partial charge in [0.15, 0.2) is 0 Å². The van der Waals surface area contributed by atoms with E-state index in [1.54, 1.807) is 16.2 Å². The van der Waals surface area contributed by atoms with Gasteiger partial charge in [0.25, 0.3) is 5.91 Å². The van der Waals surface area contributed by atoms with Gasteiger partial charge in [-0.2, -0.15) is 0 Å². The third-order valence-corrected chi connectivity index (χ3v) is 4.98. The fourth-order valence-electron chi connectivity index (χ4n) is 2.69. The first-order chi connectivity index (χ1) is 8.65. The van der Waals surface area contributed by atoms with Crippen molar-refractivity contribution in [1.29, 1.82) is 0 Å². The van der Waals surface area contributed by atoms with Gasteiger partial charge in [0.2, 0.25) is 0 Å². The van der Waals surface area contributed by atoms with Gasteiger partial charge in [-0.25, -0.2) is 0 Å². The number of carbonyl (C=O) groups excluding carboxylic acids is 1. The number of aryl methyl sites for hydroxylation is 2. The summed E-state index contributed by atoms with van der Waals surface area (Å²) < 4.78 is 0. The van der Waals surface area contributed by atoms with E-state index in [2.05, 4.69) is 0 Å². The Morgan fingerprint density at radius 2 is 1.89 bits per heavy atom. The predicted octanol–water partition coefficient (Wildman–Crippen LogP) is 0.804. The van der Waals surface area contributed by atoms with Crippen molar-refractivity contribution in [3.8, 4) is 0 Å². The maximum absolute atomic E-state index is 12.3. The Morgan fingerprint density at radius 3 is 2.56 bits per heavy atom. The highest BCUT2D eigenvalue weighted by Crippen LogP contribution is 2.30. The number of carbonyl (C=O) groups is 1. The molecule has 98 valence electrons. The van der Waals surface area contributed by atoms with Crippen molar-refractivity contribution < 1.29 is 15.0 Å². The number of aliphatic hydroxyl groups is 2. The van der Waals surface area contributed by atoms with Crippen LogP contribution in [0.5, 0.6) is 0 Å². The van der Waals surface area contributed by atoms with E-state index >= 15 is 0 Å². The lowest BCUT2D eigenvalue weighted by atomic mass is 9.99. The molecule has 2 aliphatic rings. The zero-order valence-electron chi connectivity index (χ0n) is 10.1. The number of hydrogen-bond donors (Lipinski definition) is 2. The van der Waals surface area contributed by atoms with Gasteiger partial charge in [-0.15, -0.1) is 11.3 Å². The van der Waals surface area contributed by atoms with E-state index in [0.29, 0.717) is 0 Å². The van der Waals surface area contributed by atoms with Gasteiger partial charge >= 0.3 is 0 Å². The van der Waals surface area contributed by atoms with E-state index < -0.39 is 12.2 Å². The molecule has 1 fully saturated rings. The molecule has 1 aliphatic heterocycles. The molecule has 3 rings (SSSR count). The topological polar surface area (TPSA) is 60.8 Å². The largest absolute Gasteiger partial charge is 0.388 e. The van der Waals surface area contributed by atoms with Crippen LogP contribution < -0.4 is 0 Å². The molecule has 18 heavy (non-hydrogen) atoms. The van der Waals surface area contributed by atoms with Crippen LogP contribution in [-0.2, 0) is 12.8 Å². The van der Waals surface area contributed by atoms with Gasteiger partial charge in [-0.3, -0.25) is 4.79 Å². The SMILES string of the molecule is O=C(c1cc2c(s1)CCCC2)N1C[C@@H](O)[C@@H](O)C1. The minimum absolute atomic E-state index is 0.0509. The fourth-order valence-corrected chi connectivity index (χ4v) is 3.91. The van der Waals surface area contributed by atoms with Crippen LogP contribution in [0.2, 0.25) is 0 Å². The third kappa shape index (κ3) is 2.06. The normalized spacial score (nSPS) is 27.3. The lowest BCUT2D eigenvalue weighted by molar-refractivity contribution is 0.0572. The molecule has 1 saturated heterocycles. The average Bonchev–Trinajstić information content (AvgIpc) is 2.93. The standard InChI is InChI=1S/C13H17NO3S/c15-9-6-14(7-10(9)16)13(17)12-5-8-3-1-2-4-11(8)18-12/h5,9-10,15-16H,1-4,6-7H2/t9-,10+. The molecule has 0 bridgehead atoms. The maximum atomic E-state index is 12.3. The van der Waals surface area contributed by atoms with Crippen LogP contribution >= 0.6 is 11.3 Å². The fraction of sp³-hybridized carbons (Fsp3) is 0.615. The van der Waals surface area contributed by atoms with Crippen LogP contribution in [0.1, 0.15) is 33.0 Å². The number of rotatable bonds is 1. The molecule has 1 aliphatic carbocycles. The summed E-state index contributed by atoms with van der Waals surface area (Å²) in [5.74, 6) is -0.0509. The quantitative estimate of drug-likeness (QED) is 0.791.